The first-order chi connectivity index (χ1) is 12.4. The van der Waals surface area contributed by atoms with E-state index in [0.29, 0.717) is 6.61 Å². The highest BCUT2D eigenvalue weighted by molar-refractivity contribution is 7.46. The van der Waals surface area contributed by atoms with Gasteiger partial charge in [0.05, 0.1) is 31.8 Å². The van der Waals surface area contributed by atoms with E-state index in [9.17, 15) is 9.59 Å². The van der Waals surface area contributed by atoms with Gasteiger partial charge in [-0.2, -0.15) is 10.2 Å². The van der Waals surface area contributed by atoms with Crippen LogP contribution >= 0.6 is 8.38 Å². The van der Waals surface area contributed by atoms with Crippen LogP contribution in [0.15, 0.2) is 17.1 Å². The van der Waals surface area contributed by atoms with Crippen molar-refractivity contribution >= 4 is 20.1 Å². The molecular formula is C15H23N4O5P. The van der Waals surface area contributed by atoms with Gasteiger partial charge in [0.2, 0.25) is 5.91 Å². The number of amides is 1. The summed E-state index contributed by atoms with van der Waals surface area (Å²) in [5.74, 6) is -0.157. The van der Waals surface area contributed by atoms with Crippen LogP contribution in [0.1, 0.15) is 34.8 Å². The van der Waals surface area contributed by atoms with Gasteiger partial charge in [-0.3, -0.25) is 9.36 Å². The number of hydrogen-bond acceptors (Lipinski definition) is 7. The van der Waals surface area contributed by atoms with E-state index in [1.165, 1.54) is 23.8 Å². The Morgan fingerprint density at radius 1 is 1.60 bits per heavy atom. The summed E-state index contributed by atoms with van der Waals surface area (Å²) in [5, 5.41) is 10.9. The number of carbonyl (C=O) groups is 1. The van der Waals surface area contributed by atoms with Crippen molar-refractivity contribution in [1.82, 2.24) is 9.55 Å². The van der Waals surface area contributed by atoms with Crippen molar-refractivity contribution in [3.8, 4) is 6.07 Å². The molecule has 0 radical (unpaired) electrons. The largest absolute Gasteiger partial charge is 0.353 e. The highest BCUT2D eigenvalue weighted by atomic mass is 31.2. The molecule has 138 valence electrons. The molecule has 1 N–H and O–H groups in total. The first-order valence-electron chi connectivity index (χ1n) is 8.26. The van der Waals surface area contributed by atoms with Crippen molar-refractivity contribution in [2.45, 2.75) is 39.5 Å². The molecule has 0 saturated carbocycles. The number of rotatable bonds is 10. The monoisotopic (exact) mass is 371 g/mol. The lowest BCUT2D eigenvalue weighted by Gasteiger charge is -2.22. The Hall–Kier alpha value is -1.85. The molecule has 1 amide bonds. The van der Waals surface area contributed by atoms with Crippen molar-refractivity contribution < 1.29 is 19.9 Å². The lowest BCUT2D eigenvalue weighted by atomic mass is 10.4. The smallest absolute Gasteiger partial charge is 0.351 e. The number of carbonyl (C=O) groups excluding carboxylic acids is 1. The number of nitrogens with zero attached hydrogens (tertiary/aromatic N) is 3. The molecule has 0 spiro atoms. The number of nitrogens with one attached hydrogen (secondary N) is 1. The average molecular weight is 371 g/mol. The maximum absolute atomic E-state index is 12.0. The lowest BCUT2D eigenvalue weighted by Crippen LogP contribution is -2.30. The zero-order valence-corrected chi connectivity index (χ0v) is 15.4. The summed E-state index contributed by atoms with van der Waals surface area (Å²) in [6.07, 6.45) is 0.528. The van der Waals surface area contributed by atoms with Gasteiger partial charge in [-0.15, -0.1) is 0 Å². The molecular weight excluding hydrogens is 347 g/mol. The van der Waals surface area contributed by atoms with Crippen molar-refractivity contribution in [3.05, 3.63) is 22.7 Å². The van der Waals surface area contributed by atoms with Crippen LogP contribution in [0.5, 0.6) is 0 Å². The first kappa shape index (κ1) is 19.5. The van der Waals surface area contributed by atoms with Crippen LogP contribution in [-0.4, -0.2) is 41.4 Å². The summed E-state index contributed by atoms with van der Waals surface area (Å²) >= 11 is 0. The van der Waals surface area contributed by atoms with Gasteiger partial charge in [0.15, 0.2) is 8.38 Å². The molecule has 0 aliphatic rings. The summed E-state index contributed by atoms with van der Waals surface area (Å²) in [5.41, 5.74) is -0.578. The van der Waals surface area contributed by atoms with Crippen LogP contribution in [0.3, 0.4) is 0 Å². The number of aromatic nitrogens is 2. The van der Waals surface area contributed by atoms with E-state index >= 15 is 0 Å². The second-order valence-electron chi connectivity index (χ2n) is 5.02. The molecule has 25 heavy (non-hydrogen) atoms. The second-order valence-corrected chi connectivity index (χ2v) is 6.41. The lowest BCUT2D eigenvalue weighted by molar-refractivity contribution is -0.114. The van der Waals surface area contributed by atoms with Crippen LogP contribution in [-0.2, 0) is 18.6 Å². The Bertz CT molecular complexity index is 681. The van der Waals surface area contributed by atoms with Gasteiger partial charge >= 0.3 is 5.69 Å². The Morgan fingerprint density at radius 2 is 2.36 bits per heavy atom. The third-order valence-corrected chi connectivity index (χ3v) is 3.90. The molecule has 0 aliphatic heterocycles. The minimum absolute atomic E-state index is 0.0577. The van der Waals surface area contributed by atoms with Crippen molar-refractivity contribution in [2.24, 2.45) is 0 Å². The molecule has 0 saturated heterocycles. The minimum atomic E-state index is -1.16. The Balaban J connectivity index is 2.58. The van der Waals surface area contributed by atoms with Gasteiger partial charge < -0.3 is 19.1 Å². The molecule has 10 heteroatoms. The van der Waals surface area contributed by atoms with Gasteiger partial charge in [-0.25, -0.2) is 4.79 Å². The topological polar surface area (TPSA) is 115 Å². The second kappa shape index (κ2) is 10.9. The van der Waals surface area contributed by atoms with E-state index in [1.54, 1.807) is 13.6 Å². The Labute approximate surface area is 149 Å². The zero-order chi connectivity index (χ0) is 19.5. The summed E-state index contributed by atoms with van der Waals surface area (Å²) in [7, 11) is -1.16. The van der Waals surface area contributed by atoms with E-state index in [-0.39, 0.29) is 31.7 Å². The molecule has 0 aliphatic carbocycles. The van der Waals surface area contributed by atoms with Gasteiger partial charge in [-0.1, -0.05) is 0 Å². The maximum Gasteiger partial charge on any atom is 0.351 e. The molecule has 0 bridgehead atoms. The molecule has 1 heterocycles. The van der Waals surface area contributed by atoms with Gasteiger partial charge in [0.1, 0.15) is 12.0 Å². The molecule has 1 rings (SSSR count). The fourth-order valence-electron chi connectivity index (χ4n) is 1.77. The van der Waals surface area contributed by atoms with Gasteiger partial charge in [0.25, 0.3) is 0 Å². The number of hydrogen-bond donors (Lipinski definition) is 1. The SMILES string of the molecule is [2H]C[C@H](COP(C)OCCC#N)O[C@H](C)n1ccc(NC(C)=O)nc1=O. The van der Waals surface area contributed by atoms with E-state index in [0.717, 1.165) is 0 Å². The first-order valence-corrected chi connectivity index (χ1v) is 9.17. The van der Waals surface area contributed by atoms with Crippen LogP contribution in [0.2, 0.25) is 0 Å². The highest BCUT2D eigenvalue weighted by Gasteiger charge is 2.14. The maximum atomic E-state index is 12.0. The quantitative estimate of drug-likeness (QED) is 0.494. The van der Waals surface area contributed by atoms with Crippen molar-refractivity contribution in [3.63, 3.8) is 0 Å². The molecule has 1 aromatic rings. The average Bonchev–Trinajstić information content (AvgIpc) is 2.58. The van der Waals surface area contributed by atoms with E-state index in [1.807, 2.05) is 6.07 Å². The molecule has 0 fully saturated rings. The number of anilines is 1. The molecule has 9 nitrogen and oxygen atoms in total. The molecule has 1 unspecified atom stereocenters. The summed E-state index contributed by atoms with van der Waals surface area (Å²) in [6.45, 7) is 5.11. The number of nitriles is 1. The third kappa shape index (κ3) is 8.18. The predicted molar refractivity (Wildman–Crippen MR) is 93.0 cm³/mol. The molecule has 0 aromatic carbocycles. The predicted octanol–water partition coefficient (Wildman–Crippen LogP) is 2.01. The van der Waals surface area contributed by atoms with Crippen LogP contribution < -0.4 is 11.0 Å². The third-order valence-electron chi connectivity index (χ3n) is 2.84. The van der Waals surface area contributed by atoms with Crippen LogP contribution in [0.25, 0.3) is 0 Å². The summed E-state index contributed by atoms with van der Waals surface area (Å²) < 4.78 is 25.3. The normalized spacial score (nSPS) is 14.9. The van der Waals surface area contributed by atoms with Crippen LogP contribution in [0.4, 0.5) is 5.82 Å². The van der Waals surface area contributed by atoms with Crippen molar-refractivity contribution in [2.75, 3.05) is 25.2 Å². The zero-order valence-electron chi connectivity index (χ0n) is 15.5. The molecule has 3 atom stereocenters. The van der Waals surface area contributed by atoms with Gasteiger partial charge in [0, 0.05) is 21.2 Å². The Kier molecular flexibility index (Phi) is 8.49. The van der Waals surface area contributed by atoms with E-state index < -0.39 is 26.4 Å². The summed E-state index contributed by atoms with van der Waals surface area (Å²) in [6, 6.07) is 3.47. The summed E-state index contributed by atoms with van der Waals surface area (Å²) in [4.78, 5) is 26.8. The molecule has 1 aromatic heterocycles. The minimum Gasteiger partial charge on any atom is -0.353 e. The van der Waals surface area contributed by atoms with E-state index in [4.69, 9.17) is 20.4 Å². The Morgan fingerprint density at radius 3 is 2.96 bits per heavy atom. The highest BCUT2D eigenvalue weighted by Crippen LogP contribution is 2.33. The fraction of sp³-hybridized carbons (Fsp3) is 0.600. The van der Waals surface area contributed by atoms with Crippen LogP contribution in [0, 0.1) is 11.3 Å². The number of ether oxygens (including phenoxy) is 1. The standard InChI is InChI=1S/C15H23N4O5P/c1-11(10-23-25(4)22-9-5-7-16)24-13(3)19-8-6-14(17-12(2)20)18-15(19)21/h6,8,11,13H,5,9-10H2,1-4H3,(H,17,18,20,21)/t11-,13-,25?/m1/s1/i1D. The van der Waals surface area contributed by atoms with Crippen molar-refractivity contribution in [1.29, 1.82) is 5.26 Å². The fourth-order valence-corrected chi connectivity index (χ4v) is 2.57. The van der Waals surface area contributed by atoms with E-state index in [2.05, 4.69) is 10.3 Å². The van der Waals surface area contributed by atoms with Gasteiger partial charge in [-0.05, 0) is 19.9 Å².